The van der Waals surface area contributed by atoms with Crippen LogP contribution in [0.4, 0.5) is 33.7 Å². The molecule has 1 aliphatic rings. The molecule has 0 aromatic heterocycles. The molecule has 12 heteroatoms. The second-order valence-corrected chi connectivity index (χ2v) is 5.08. The summed E-state index contributed by atoms with van der Waals surface area (Å²) >= 11 is 0. The monoisotopic (exact) mass is 349 g/mol. The molecule has 0 radical (unpaired) electrons. The Hall–Kier alpha value is -2.79. The largest absolute Gasteiger partial charge is 0.392 e. The Labute approximate surface area is 132 Å². The molecule has 0 aliphatic heterocycles. The van der Waals surface area contributed by atoms with Crippen molar-refractivity contribution < 1.29 is 27.3 Å². The van der Waals surface area contributed by atoms with Gasteiger partial charge in [-0.15, -0.1) is 0 Å². The molecule has 1 aliphatic carbocycles. The average molecular weight is 349 g/mol. The van der Waals surface area contributed by atoms with Gasteiger partial charge < -0.3 is 5.32 Å². The molecule has 1 aromatic rings. The van der Waals surface area contributed by atoms with Gasteiger partial charge in [0.05, 0.1) is 16.5 Å². The Kier molecular flexibility index (Phi) is 4.40. The van der Waals surface area contributed by atoms with Gasteiger partial charge in [-0.3, -0.25) is 10.1 Å². The molecule has 2 atom stereocenters. The highest BCUT2D eigenvalue weighted by molar-refractivity contribution is 5.92. The topological polar surface area (TPSA) is 112 Å². The van der Waals surface area contributed by atoms with Crippen LogP contribution >= 0.6 is 0 Å². The van der Waals surface area contributed by atoms with Gasteiger partial charge >= 0.3 is 17.9 Å². The van der Waals surface area contributed by atoms with Crippen LogP contribution in [0, 0.1) is 27.4 Å². The maximum absolute atomic E-state index is 13.8. The van der Waals surface area contributed by atoms with Gasteiger partial charge in [0.25, 0.3) is 0 Å². The van der Waals surface area contributed by atoms with Crippen LogP contribution in [0.15, 0.2) is 17.4 Å². The number of nitrogens with one attached hydrogen (secondary N) is 2. The summed E-state index contributed by atoms with van der Waals surface area (Å²) < 4.78 is 52.1. The van der Waals surface area contributed by atoms with Crippen molar-refractivity contribution in [2.75, 3.05) is 12.1 Å². The first-order valence-electron chi connectivity index (χ1n) is 6.55. The van der Waals surface area contributed by atoms with E-state index < -0.39 is 46.2 Å². The number of nitro groups is 1. The van der Waals surface area contributed by atoms with Crippen molar-refractivity contribution in [1.82, 2.24) is 5.32 Å². The number of carbonyl (C=O) groups is 1. The first-order chi connectivity index (χ1) is 11.1. The number of alkyl halides is 3. The van der Waals surface area contributed by atoms with E-state index >= 15 is 0 Å². The first-order valence-corrected chi connectivity index (χ1v) is 6.55. The molecule has 2 N–H and O–H groups in total. The van der Waals surface area contributed by atoms with E-state index in [1.165, 1.54) is 7.05 Å². The van der Waals surface area contributed by atoms with Crippen LogP contribution in [-0.2, 0) is 0 Å². The highest BCUT2D eigenvalue weighted by atomic mass is 19.4. The fourth-order valence-electron chi connectivity index (χ4n) is 2.40. The van der Waals surface area contributed by atoms with Gasteiger partial charge in [-0.1, -0.05) is 5.22 Å². The quantitative estimate of drug-likeness (QED) is 0.375. The van der Waals surface area contributed by atoms with Crippen LogP contribution in [0.25, 0.3) is 0 Å². The van der Waals surface area contributed by atoms with Gasteiger partial charge in [-0.05, 0) is 24.0 Å². The number of hydrogen-bond donors (Lipinski definition) is 2. The van der Waals surface area contributed by atoms with E-state index in [1.807, 2.05) is 0 Å². The van der Waals surface area contributed by atoms with Crippen LogP contribution in [0.5, 0.6) is 0 Å². The lowest BCUT2D eigenvalue weighted by atomic mass is 10.0. The Bertz CT molecular complexity index is 709. The predicted molar refractivity (Wildman–Crippen MR) is 72.0 cm³/mol. The van der Waals surface area contributed by atoms with Crippen LogP contribution in [0.1, 0.15) is 17.9 Å². The predicted octanol–water partition coefficient (Wildman–Crippen LogP) is 3.49. The molecular weight excluding hydrogens is 338 g/mol. The second kappa shape index (κ2) is 6.02. The summed E-state index contributed by atoms with van der Waals surface area (Å²) in [5.41, 5.74) is 5.27. The molecule has 1 fully saturated rings. The summed E-state index contributed by atoms with van der Waals surface area (Å²) in [6.45, 7) is 0. The maximum atomic E-state index is 13.8. The summed E-state index contributed by atoms with van der Waals surface area (Å²) in [7, 11) is 1.17. The van der Waals surface area contributed by atoms with E-state index in [0.29, 0.717) is 17.1 Å². The van der Waals surface area contributed by atoms with Crippen molar-refractivity contribution in [1.29, 1.82) is 5.53 Å². The second-order valence-electron chi connectivity index (χ2n) is 5.08. The molecule has 2 rings (SSSR count). The molecule has 8 nitrogen and oxygen atoms in total. The molecule has 0 saturated heterocycles. The van der Waals surface area contributed by atoms with Crippen LogP contribution < -0.4 is 10.3 Å². The number of halogens is 4. The van der Waals surface area contributed by atoms with E-state index in [4.69, 9.17) is 5.53 Å². The van der Waals surface area contributed by atoms with E-state index in [-0.39, 0.29) is 12.0 Å². The van der Waals surface area contributed by atoms with E-state index in [9.17, 15) is 32.5 Å². The lowest BCUT2D eigenvalue weighted by Gasteiger charge is -2.18. The standard InChI is InChI=1S/C12H11F4N5O3/c1-18-11(22)20(19-17)9-4-10(21(23)24)8(13)3-6(9)5-2-7(5)12(14,15)16/h3-5,7,17H,2H2,1H3,(H,18,22)/t5?,7-/m0/s1. The molecule has 1 saturated carbocycles. The minimum absolute atomic E-state index is 0.264. The Balaban J connectivity index is 2.57. The number of nitrogens with zero attached hydrogens (tertiary/aromatic N) is 3. The highest BCUT2D eigenvalue weighted by Crippen LogP contribution is 2.58. The van der Waals surface area contributed by atoms with Gasteiger partial charge in [0.2, 0.25) is 5.82 Å². The summed E-state index contributed by atoms with van der Waals surface area (Å²) in [4.78, 5) is 21.5. The summed E-state index contributed by atoms with van der Waals surface area (Å²) in [6, 6.07) is 0.186. The fraction of sp³-hybridized carbons (Fsp3) is 0.417. The van der Waals surface area contributed by atoms with Crippen LogP contribution in [-0.4, -0.2) is 24.2 Å². The third-order valence-electron chi connectivity index (χ3n) is 3.64. The number of amides is 2. The molecule has 24 heavy (non-hydrogen) atoms. The third-order valence-corrected chi connectivity index (χ3v) is 3.64. The van der Waals surface area contributed by atoms with Crippen LogP contribution in [0.3, 0.4) is 0 Å². The lowest BCUT2D eigenvalue weighted by Crippen LogP contribution is -2.34. The van der Waals surface area contributed by atoms with Crippen molar-refractivity contribution in [3.63, 3.8) is 0 Å². The fourth-order valence-corrected chi connectivity index (χ4v) is 2.40. The Morgan fingerprint density at radius 3 is 2.54 bits per heavy atom. The number of benzene rings is 1. The van der Waals surface area contributed by atoms with Crippen molar-refractivity contribution in [2.24, 2.45) is 11.1 Å². The smallest absolute Gasteiger partial charge is 0.339 e. The summed E-state index contributed by atoms with van der Waals surface area (Å²) in [5, 5.41) is 16.1. The zero-order chi connectivity index (χ0) is 18.2. The minimum Gasteiger partial charge on any atom is -0.339 e. The van der Waals surface area contributed by atoms with Crippen molar-refractivity contribution >= 4 is 17.4 Å². The van der Waals surface area contributed by atoms with Crippen molar-refractivity contribution in [3.8, 4) is 0 Å². The number of anilines is 1. The van der Waals surface area contributed by atoms with Gasteiger partial charge in [0, 0.05) is 13.1 Å². The SMILES string of the molecule is CNC(=O)N(N=N)c1cc([N+](=O)[O-])c(F)cc1C1C[C@@H]1C(F)(F)F. The molecule has 0 heterocycles. The third kappa shape index (κ3) is 3.12. The Morgan fingerprint density at radius 2 is 2.12 bits per heavy atom. The van der Waals surface area contributed by atoms with E-state index in [1.54, 1.807) is 0 Å². The molecule has 0 bridgehead atoms. The molecule has 130 valence electrons. The normalized spacial score (nSPS) is 19.5. The highest BCUT2D eigenvalue weighted by Gasteiger charge is 2.57. The van der Waals surface area contributed by atoms with Gasteiger partial charge in [-0.25, -0.2) is 4.79 Å². The zero-order valence-corrected chi connectivity index (χ0v) is 12.1. The molecule has 2 amide bonds. The van der Waals surface area contributed by atoms with E-state index in [2.05, 4.69) is 10.5 Å². The number of urea groups is 1. The number of carbonyl (C=O) groups excluding carboxylic acids is 1. The van der Waals surface area contributed by atoms with Crippen molar-refractivity contribution in [3.05, 3.63) is 33.6 Å². The van der Waals surface area contributed by atoms with Gasteiger partial charge in [0.1, 0.15) is 0 Å². The zero-order valence-electron chi connectivity index (χ0n) is 12.1. The van der Waals surface area contributed by atoms with Gasteiger partial charge in [0.15, 0.2) is 0 Å². The number of hydrogen-bond acceptors (Lipinski definition) is 5. The van der Waals surface area contributed by atoms with Crippen molar-refractivity contribution in [2.45, 2.75) is 18.5 Å². The van der Waals surface area contributed by atoms with Gasteiger partial charge in [-0.2, -0.15) is 28.1 Å². The number of nitro benzene ring substituents is 1. The summed E-state index contributed by atoms with van der Waals surface area (Å²) in [5.74, 6) is -4.23. The van der Waals surface area contributed by atoms with E-state index in [0.717, 1.165) is 0 Å². The molecule has 1 aromatic carbocycles. The summed E-state index contributed by atoms with van der Waals surface area (Å²) in [6.07, 6.45) is -4.86. The average Bonchev–Trinajstić information content (AvgIpc) is 3.28. The first kappa shape index (κ1) is 17.6. The minimum atomic E-state index is -4.52. The molecule has 1 unspecified atom stereocenters. The Morgan fingerprint density at radius 1 is 1.50 bits per heavy atom. The number of rotatable bonds is 4. The van der Waals surface area contributed by atoms with Crippen LogP contribution in [0.2, 0.25) is 0 Å². The lowest BCUT2D eigenvalue weighted by molar-refractivity contribution is -0.387. The molecular formula is C12H11F4N5O3. The maximum Gasteiger partial charge on any atom is 0.392 e. The molecule has 0 spiro atoms.